The zero-order valence-electron chi connectivity index (χ0n) is 16.9. The molecule has 1 aromatic heterocycles. The summed E-state index contributed by atoms with van der Waals surface area (Å²) in [6.07, 6.45) is 7.00. The van der Waals surface area contributed by atoms with Crippen molar-refractivity contribution in [2.24, 2.45) is 0 Å². The molecule has 1 aromatic rings. The summed E-state index contributed by atoms with van der Waals surface area (Å²) in [7, 11) is 1.78. The second-order valence-corrected chi connectivity index (χ2v) is 7.71. The van der Waals surface area contributed by atoms with E-state index in [1.165, 1.54) is 0 Å². The van der Waals surface area contributed by atoms with Gasteiger partial charge in [0.2, 0.25) is 5.82 Å². The van der Waals surface area contributed by atoms with Gasteiger partial charge in [-0.25, -0.2) is 9.97 Å². The van der Waals surface area contributed by atoms with E-state index in [0.29, 0.717) is 30.7 Å². The van der Waals surface area contributed by atoms with Crippen molar-refractivity contribution < 1.29 is 14.2 Å². The molecule has 2 heterocycles. The Balaban J connectivity index is 1.52. The second kappa shape index (κ2) is 9.01. The van der Waals surface area contributed by atoms with Crippen molar-refractivity contribution >= 4 is 5.82 Å². The largest absolute Gasteiger partial charge is 0.381 e. The molecule has 0 aromatic carbocycles. The molecule has 3 rings (SSSR count). The van der Waals surface area contributed by atoms with Crippen molar-refractivity contribution in [3.05, 3.63) is 18.1 Å². The Labute approximate surface area is 162 Å². The molecule has 0 atom stereocenters. The van der Waals surface area contributed by atoms with Gasteiger partial charge in [0, 0.05) is 33.0 Å². The lowest BCUT2D eigenvalue weighted by Gasteiger charge is -2.39. The first-order valence-corrected chi connectivity index (χ1v) is 9.92. The van der Waals surface area contributed by atoms with Crippen LogP contribution in [0.15, 0.2) is 12.3 Å². The highest BCUT2D eigenvalue weighted by Gasteiger charge is 2.33. The molecule has 6 nitrogen and oxygen atoms in total. The first-order valence-electron chi connectivity index (χ1n) is 9.92. The van der Waals surface area contributed by atoms with Crippen molar-refractivity contribution in [2.75, 3.05) is 31.7 Å². The second-order valence-electron chi connectivity index (χ2n) is 7.71. The van der Waals surface area contributed by atoms with Gasteiger partial charge in [-0.15, -0.1) is 0 Å². The number of methoxy groups -OCH3 is 1. The lowest BCUT2D eigenvalue weighted by Crippen LogP contribution is -2.43. The summed E-state index contributed by atoms with van der Waals surface area (Å²) in [5.41, 5.74) is -0.493. The number of piperidine rings is 1. The third-order valence-corrected chi connectivity index (χ3v) is 5.16. The van der Waals surface area contributed by atoms with Crippen LogP contribution in [0.4, 0.5) is 5.82 Å². The minimum absolute atomic E-state index is 0.345. The Morgan fingerprint density at radius 2 is 1.93 bits per heavy atom. The van der Waals surface area contributed by atoms with Crippen LogP contribution in [0.2, 0.25) is 0 Å². The van der Waals surface area contributed by atoms with Gasteiger partial charge in [0.05, 0.1) is 18.3 Å². The fourth-order valence-electron chi connectivity index (χ4n) is 3.50. The van der Waals surface area contributed by atoms with Crippen LogP contribution in [-0.4, -0.2) is 60.7 Å². The number of hydrogen-bond donors (Lipinski definition) is 0. The summed E-state index contributed by atoms with van der Waals surface area (Å²) in [5, 5.41) is 0. The Kier molecular flexibility index (Phi) is 6.69. The minimum Gasteiger partial charge on any atom is -0.381 e. The van der Waals surface area contributed by atoms with E-state index in [9.17, 15) is 0 Å². The maximum absolute atomic E-state index is 6.19. The highest BCUT2D eigenvalue weighted by Crippen LogP contribution is 2.29. The quantitative estimate of drug-likeness (QED) is 0.715. The summed E-state index contributed by atoms with van der Waals surface area (Å²) in [5.74, 6) is 7.63. The van der Waals surface area contributed by atoms with Crippen LogP contribution >= 0.6 is 0 Å². The molecule has 0 unspecified atom stereocenters. The van der Waals surface area contributed by atoms with E-state index in [-0.39, 0.29) is 0 Å². The molecule has 27 heavy (non-hydrogen) atoms. The fraction of sp³-hybridized carbons (Fsp3) is 0.714. The third kappa shape index (κ3) is 5.65. The topological polar surface area (TPSA) is 56.7 Å². The first-order chi connectivity index (χ1) is 13.0. The van der Waals surface area contributed by atoms with Crippen molar-refractivity contribution in [3.8, 4) is 11.8 Å². The van der Waals surface area contributed by atoms with Crippen molar-refractivity contribution in [3.63, 3.8) is 0 Å². The molecule has 6 heteroatoms. The van der Waals surface area contributed by atoms with Gasteiger partial charge in [-0.05, 0) is 58.4 Å². The summed E-state index contributed by atoms with van der Waals surface area (Å²) in [4.78, 5) is 11.2. The van der Waals surface area contributed by atoms with Crippen LogP contribution in [0, 0.1) is 11.8 Å². The van der Waals surface area contributed by atoms with E-state index in [1.54, 1.807) is 13.3 Å². The standard InChI is InChI=1S/C21H31N3O3/c1-5-26-21(2,3)10-6-19-22-11-7-20(23-19)24-12-8-16(9-13-24)27-18-14-17(15-18)25-4/h7,11,16-18H,5,8-9,12-15H2,1-4H3. The highest BCUT2D eigenvalue weighted by atomic mass is 16.5. The molecule has 2 aliphatic rings. The lowest BCUT2D eigenvalue weighted by atomic mass is 9.91. The monoisotopic (exact) mass is 373 g/mol. The van der Waals surface area contributed by atoms with E-state index in [0.717, 1.165) is 44.6 Å². The predicted molar refractivity (Wildman–Crippen MR) is 105 cm³/mol. The van der Waals surface area contributed by atoms with Crippen molar-refractivity contribution in [2.45, 2.75) is 70.4 Å². The molecule has 0 bridgehead atoms. The first kappa shape index (κ1) is 20.1. The summed E-state index contributed by atoms with van der Waals surface area (Å²) in [6.45, 7) is 8.39. The molecular formula is C21H31N3O3. The fourth-order valence-corrected chi connectivity index (χ4v) is 3.50. The smallest absolute Gasteiger partial charge is 0.206 e. The molecule has 1 aliphatic carbocycles. The molecule has 0 radical (unpaired) electrons. The Bertz CT molecular complexity index is 669. The normalized spacial score (nSPS) is 23.5. The SMILES string of the molecule is CCOC(C)(C)C#Cc1nccc(N2CCC(OC3CC(OC)C3)CC2)n1. The number of nitrogens with zero attached hydrogens (tertiary/aromatic N) is 3. The number of aromatic nitrogens is 2. The maximum Gasteiger partial charge on any atom is 0.206 e. The van der Waals surface area contributed by atoms with E-state index >= 15 is 0 Å². The van der Waals surface area contributed by atoms with Crippen molar-refractivity contribution in [1.29, 1.82) is 0 Å². The lowest BCUT2D eigenvalue weighted by molar-refractivity contribution is -0.119. The number of rotatable bonds is 6. The summed E-state index contributed by atoms with van der Waals surface area (Å²) < 4.78 is 17.1. The van der Waals surface area contributed by atoms with E-state index in [4.69, 9.17) is 14.2 Å². The minimum atomic E-state index is -0.493. The van der Waals surface area contributed by atoms with Crippen LogP contribution in [0.1, 0.15) is 52.3 Å². The van der Waals surface area contributed by atoms with Gasteiger partial charge in [0.1, 0.15) is 11.4 Å². The molecule has 148 valence electrons. The molecule has 0 N–H and O–H groups in total. The molecular weight excluding hydrogens is 342 g/mol. The third-order valence-electron chi connectivity index (χ3n) is 5.16. The Morgan fingerprint density at radius 1 is 1.19 bits per heavy atom. The summed E-state index contributed by atoms with van der Waals surface area (Å²) in [6, 6.07) is 1.95. The highest BCUT2D eigenvalue weighted by molar-refractivity contribution is 5.40. The Morgan fingerprint density at radius 3 is 2.59 bits per heavy atom. The number of anilines is 1. The van der Waals surface area contributed by atoms with Gasteiger partial charge in [-0.1, -0.05) is 5.92 Å². The van der Waals surface area contributed by atoms with Crippen molar-refractivity contribution in [1.82, 2.24) is 9.97 Å². The molecule has 2 fully saturated rings. The number of hydrogen-bond acceptors (Lipinski definition) is 6. The van der Waals surface area contributed by atoms with Crippen LogP contribution in [0.5, 0.6) is 0 Å². The van der Waals surface area contributed by atoms with E-state index in [1.807, 2.05) is 26.8 Å². The number of ether oxygens (including phenoxy) is 3. The Hall–Kier alpha value is -1.68. The molecule has 1 aliphatic heterocycles. The molecule has 1 saturated carbocycles. The zero-order valence-corrected chi connectivity index (χ0v) is 16.9. The maximum atomic E-state index is 6.19. The predicted octanol–water partition coefficient (Wildman–Crippen LogP) is 2.81. The van der Waals surface area contributed by atoms with Gasteiger partial charge >= 0.3 is 0 Å². The summed E-state index contributed by atoms with van der Waals surface area (Å²) >= 11 is 0. The van der Waals surface area contributed by atoms with Gasteiger partial charge < -0.3 is 19.1 Å². The molecule has 0 amide bonds. The van der Waals surface area contributed by atoms with Crippen LogP contribution in [0.25, 0.3) is 0 Å². The van der Waals surface area contributed by atoms with E-state index < -0.39 is 5.60 Å². The van der Waals surface area contributed by atoms with Gasteiger partial charge in [-0.3, -0.25) is 0 Å². The van der Waals surface area contributed by atoms with Gasteiger partial charge in [0.25, 0.3) is 0 Å². The van der Waals surface area contributed by atoms with Crippen LogP contribution in [0.3, 0.4) is 0 Å². The van der Waals surface area contributed by atoms with Crippen LogP contribution in [-0.2, 0) is 14.2 Å². The van der Waals surface area contributed by atoms with E-state index in [2.05, 4.69) is 26.7 Å². The average Bonchev–Trinajstić information content (AvgIpc) is 2.63. The van der Waals surface area contributed by atoms with Gasteiger partial charge in [0.15, 0.2) is 0 Å². The molecule has 1 saturated heterocycles. The zero-order chi connectivity index (χ0) is 19.3. The molecule has 0 spiro atoms. The van der Waals surface area contributed by atoms with Gasteiger partial charge in [-0.2, -0.15) is 0 Å². The average molecular weight is 373 g/mol. The van der Waals surface area contributed by atoms with Crippen LogP contribution < -0.4 is 4.90 Å².